The van der Waals surface area contributed by atoms with E-state index in [9.17, 15) is 5.11 Å². The van der Waals surface area contributed by atoms with E-state index in [2.05, 4.69) is 15.9 Å². The smallest absolute Gasteiger partial charge is 0.172 e. The number of rotatable bonds is 2. The van der Waals surface area contributed by atoms with Crippen molar-refractivity contribution in [1.29, 1.82) is 0 Å². The van der Waals surface area contributed by atoms with Gasteiger partial charge in [-0.25, -0.2) is 0 Å². The minimum atomic E-state index is -0.303. The molecule has 0 aliphatic heterocycles. The first-order valence-electron chi connectivity index (χ1n) is 5.43. The van der Waals surface area contributed by atoms with Crippen LogP contribution in [0.4, 0.5) is 0 Å². The molecule has 3 nitrogen and oxygen atoms in total. The number of hydrogen-bond donors (Lipinski definition) is 2. The Kier molecular flexibility index (Phi) is 3.13. The van der Waals surface area contributed by atoms with Gasteiger partial charge in [0.25, 0.3) is 0 Å². The van der Waals surface area contributed by atoms with Crippen molar-refractivity contribution in [3.63, 3.8) is 0 Å². The first kappa shape index (κ1) is 11.7. The third-order valence-electron chi connectivity index (χ3n) is 3.33. The van der Waals surface area contributed by atoms with Crippen LogP contribution in [0.25, 0.3) is 0 Å². The van der Waals surface area contributed by atoms with E-state index in [0.29, 0.717) is 10.2 Å². The van der Waals surface area contributed by atoms with Crippen LogP contribution in [0.2, 0.25) is 0 Å². The van der Waals surface area contributed by atoms with Crippen molar-refractivity contribution >= 4 is 15.9 Å². The molecule has 0 spiro atoms. The highest BCUT2D eigenvalue weighted by atomic mass is 79.9. The predicted octanol–water partition coefficient (Wildman–Crippen LogP) is 2.89. The van der Waals surface area contributed by atoms with E-state index in [1.807, 2.05) is 6.07 Å². The molecule has 1 aliphatic carbocycles. The zero-order valence-corrected chi connectivity index (χ0v) is 10.9. The molecule has 1 aliphatic rings. The topological polar surface area (TPSA) is 55.5 Å². The molecule has 0 amide bonds. The maximum absolute atomic E-state index is 9.93. The van der Waals surface area contributed by atoms with Gasteiger partial charge >= 0.3 is 0 Å². The van der Waals surface area contributed by atoms with Crippen LogP contribution >= 0.6 is 15.9 Å². The van der Waals surface area contributed by atoms with Crippen LogP contribution in [0.15, 0.2) is 16.6 Å². The quantitative estimate of drug-likeness (QED) is 0.879. The fourth-order valence-corrected chi connectivity index (χ4v) is 3.09. The molecule has 0 saturated heterocycles. The van der Waals surface area contributed by atoms with Gasteiger partial charge in [0.1, 0.15) is 0 Å². The average molecular weight is 286 g/mol. The van der Waals surface area contributed by atoms with E-state index in [1.54, 1.807) is 6.07 Å². The van der Waals surface area contributed by atoms with E-state index in [4.69, 9.17) is 10.5 Å². The minimum Gasteiger partial charge on any atom is -0.503 e. The monoisotopic (exact) mass is 285 g/mol. The summed E-state index contributed by atoms with van der Waals surface area (Å²) in [7, 11) is 1.54. The van der Waals surface area contributed by atoms with Gasteiger partial charge in [-0.15, -0.1) is 0 Å². The van der Waals surface area contributed by atoms with Gasteiger partial charge in [0, 0.05) is 5.54 Å². The van der Waals surface area contributed by atoms with Gasteiger partial charge in [-0.3, -0.25) is 0 Å². The predicted molar refractivity (Wildman–Crippen MR) is 66.7 cm³/mol. The fraction of sp³-hybridized carbons (Fsp3) is 0.500. The Morgan fingerprint density at radius 1 is 1.38 bits per heavy atom. The number of hydrogen-bond acceptors (Lipinski definition) is 3. The third-order valence-corrected chi connectivity index (χ3v) is 4.13. The van der Waals surface area contributed by atoms with Gasteiger partial charge in [-0.1, -0.05) is 18.9 Å². The lowest BCUT2D eigenvalue weighted by Gasteiger charge is -2.26. The summed E-state index contributed by atoms with van der Waals surface area (Å²) in [6, 6.07) is 3.70. The number of aromatic hydroxyl groups is 1. The highest BCUT2D eigenvalue weighted by Crippen LogP contribution is 2.45. The summed E-state index contributed by atoms with van der Waals surface area (Å²) in [6.45, 7) is 0. The lowest BCUT2D eigenvalue weighted by atomic mass is 9.89. The zero-order valence-electron chi connectivity index (χ0n) is 9.29. The van der Waals surface area contributed by atoms with E-state index >= 15 is 0 Å². The van der Waals surface area contributed by atoms with Crippen LogP contribution < -0.4 is 10.5 Å². The molecule has 0 heterocycles. The van der Waals surface area contributed by atoms with Crippen LogP contribution in [-0.2, 0) is 5.54 Å². The molecule has 3 N–H and O–H groups in total. The molecule has 0 aromatic heterocycles. The Morgan fingerprint density at radius 3 is 2.56 bits per heavy atom. The maximum Gasteiger partial charge on any atom is 0.172 e. The Bertz CT molecular complexity index is 400. The first-order chi connectivity index (χ1) is 7.58. The Balaban J connectivity index is 2.46. The number of nitrogens with two attached hydrogens (primary N) is 1. The van der Waals surface area contributed by atoms with Gasteiger partial charge in [-0.05, 0) is 40.4 Å². The second-order valence-electron chi connectivity index (χ2n) is 4.34. The molecule has 0 unspecified atom stereocenters. The number of benzene rings is 1. The van der Waals surface area contributed by atoms with Gasteiger partial charge in [0.15, 0.2) is 11.5 Å². The van der Waals surface area contributed by atoms with Crippen LogP contribution in [0.3, 0.4) is 0 Å². The van der Waals surface area contributed by atoms with Crippen molar-refractivity contribution in [2.75, 3.05) is 7.11 Å². The summed E-state index contributed by atoms with van der Waals surface area (Å²) in [6.07, 6.45) is 4.24. The van der Waals surface area contributed by atoms with E-state index in [0.717, 1.165) is 31.2 Å². The fourth-order valence-electron chi connectivity index (χ4n) is 2.37. The summed E-state index contributed by atoms with van der Waals surface area (Å²) in [5.41, 5.74) is 7.03. The highest BCUT2D eigenvalue weighted by Gasteiger charge is 2.34. The summed E-state index contributed by atoms with van der Waals surface area (Å²) in [4.78, 5) is 0. The molecular formula is C12H16BrNO2. The second-order valence-corrected chi connectivity index (χ2v) is 5.13. The highest BCUT2D eigenvalue weighted by molar-refractivity contribution is 9.10. The van der Waals surface area contributed by atoms with Gasteiger partial charge < -0.3 is 15.6 Å². The van der Waals surface area contributed by atoms with E-state index in [1.165, 1.54) is 7.11 Å². The Morgan fingerprint density at radius 2 is 2.00 bits per heavy atom. The summed E-state index contributed by atoms with van der Waals surface area (Å²) >= 11 is 3.41. The Hall–Kier alpha value is -0.740. The number of halogens is 1. The van der Waals surface area contributed by atoms with Crippen LogP contribution in [0, 0.1) is 0 Å². The van der Waals surface area contributed by atoms with Crippen LogP contribution in [0.5, 0.6) is 11.5 Å². The normalized spacial score (nSPS) is 18.7. The number of methoxy groups -OCH3 is 1. The van der Waals surface area contributed by atoms with Crippen molar-refractivity contribution in [3.05, 3.63) is 22.2 Å². The molecular weight excluding hydrogens is 270 g/mol. The average Bonchev–Trinajstić information content (AvgIpc) is 2.70. The molecule has 0 bridgehead atoms. The molecule has 1 saturated carbocycles. The third kappa shape index (κ3) is 1.80. The van der Waals surface area contributed by atoms with Gasteiger partial charge in [0.2, 0.25) is 0 Å². The van der Waals surface area contributed by atoms with Crippen molar-refractivity contribution in [2.45, 2.75) is 31.2 Å². The van der Waals surface area contributed by atoms with E-state index in [-0.39, 0.29) is 11.3 Å². The van der Waals surface area contributed by atoms with E-state index < -0.39 is 0 Å². The number of phenols is 1. The van der Waals surface area contributed by atoms with Crippen molar-refractivity contribution < 1.29 is 9.84 Å². The van der Waals surface area contributed by atoms with Gasteiger partial charge in [0.05, 0.1) is 11.6 Å². The zero-order chi connectivity index (χ0) is 11.8. The summed E-state index contributed by atoms with van der Waals surface area (Å²) in [5, 5.41) is 9.93. The molecule has 4 heteroatoms. The van der Waals surface area contributed by atoms with Crippen LogP contribution in [-0.4, -0.2) is 12.2 Å². The van der Waals surface area contributed by atoms with Crippen molar-refractivity contribution in [3.8, 4) is 11.5 Å². The van der Waals surface area contributed by atoms with Crippen molar-refractivity contribution in [1.82, 2.24) is 0 Å². The SMILES string of the molecule is COc1ccc(C2(N)CCCC2)c(Br)c1O. The molecule has 16 heavy (non-hydrogen) atoms. The summed E-state index contributed by atoms with van der Waals surface area (Å²) < 4.78 is 5.72. The largest absolute Gasteiger partial charge is 0.503 e. The minimum absolute atomic E-state index is 0.136. The number of phenolic OH excluding ortho intramolecular Hbond substituents is 1. The summed E-state index contributed by atoms with van der Waals surface area (Å²) in [5.74, 6) is 0.606. The molecule has 1 aromatic carbocycles. The molecule has 1 aromatic rings. The van der Waals surface area contributed by atoms with Crippen LogP contribution in [0.1, 0.15) is 31.2 Å². The molecule has 2 rings (SSSR count). The molecule has 0 atom stereocenters. The molecule has 88 valence electrons. The molecule has 1 fully saturated rings. The second kappa shape index (κ2) is 4.26. The maximum atomic E-state index is 9.93. The standard InChI is InChI=1S/C12H16BrNO2/c1-16-9-5-4-8(10(13)11(9)15)12(14)6-2-3-7-12/h4-5,15H,2-3,6-7,14H2,1H3. The number of ether oxygens (including phenoxy) is 1. The first-order valence-corrected chi connectivity index (χ1v) is 6.22. The lowest BCUT2D eigenvalue weighted by Crippen LogP contribution is -2.33. The van der Waals surface area contributed by atoms with Crippen molar-refractivity contribution in [2.24, 2.45) is 5.73 Å². The molecule has 0 radical (unpaired) electrons. The lowest BCUT2D eigenvalue weighted by molar-refractivity contribution is 0.368. The van der Waals surface area contributed by atoms with Gasteiger partial charge in [-0.2, -0.15) is 0 Å². The Labute approximate surface area is 104 Å².